The number of aliphatic carboxylic acids is 1. The Bertz CT molecular complexity index is 719. The first-order chi connectivity index (χ1) is 9.70. The van der Waals surface area contributed by atoms with Crippen molar-refractivity contribution in [1.82, 2.24) is 9.38 Å². The van der Waals surface area contributed by atoms with Crippen LogP contribution in [-0.4, -0.2) is 20.5 Å². The van der Waals surface area contributed by atoms with Gasteiger partial charge in [-0.2, -0.15) is 0 Å². The summed E-state index contributed by atoms with van der Waals surface area (Å²) >= 11 is 1.57. The van der Waals surface area contributed by atoms with E-state index in [0.717, 1.165) is 16.2 Å². The Morgan fingerprint density at radius 2 is 2.35 bits per heavy atom. The molecule has 0 saturated carbocycles. The zero-order valence-electron chi connectivity index (χ0n) is 10.5. The van der Waals surface area contributed by atoms with Gasteiger partial charge in [-0.25, -0.2) is 4.98 Å². The molecular weight excluding hydrogens is 276 g/mol. The third-order valence-electron chi connectivity index (χ3n) is 2.78. The van der Waals surface area contributed by atoms with Crippen molar-refractivity contribution in [1.29, 1.82) is 0 Å². The van der Waals surface area contributed by atoms with E-state index in [-0.39, 0.29) is 6.42 Å². The van der Waals surface area contributed by atoms with Gasteiger partial charge in [0.05, 0.1) is 12.1 Å². The number of carboxylic acids is 1. The summed E-state index contributed by atoms with van der Waals surface area (Å²) in [5.74, 6) is -0.198. The number of ether oxygens (including phenoxy) is 1. The summed E-state index contributed by atoms with van der Waals surface area (Å²) in [5, 5.41) is 10.7. The number of rotatable bonds is 5. The van der Waals surface area contributed by atoms with Crippen LogP contribution < -0.4 is 4.74 Å². The van der Waals surface area contributed by atoms with Crippen LogP contribution in [0.5, 0.6) is 5.75 Å². The summed E-state index contributed by atoms with van der Waals surface area (Å²) in [6.45, 7) is 0.366. The number of hydrogen-bond acceptors (Lipinski definition) is 4. The number of fused-ring (bicyclic) bond motifs is 1. The summed E-state index contributed by atoms with van der Waals surface area (Å²) in [5.41, 5.74) is 1.57. The maximum Gasteiger partial charge on any atom is 0.307 e. The molecule has 5 nitrogen and oxygen atoms in total. The smallest absolute Gasteiger partial charge is 0.307 e. The van der Waals surface area contributed by atoms with Crippen LogP contribution in [0.1, 0.15) is 11.3 Å². The monoisotopic (exact) mass is 288 g/mol. The lowest BCUT2D eigenvalue weighted by Crippen LogP contribution is -2.01. The van der Waals surface area contributed by atoms with E-state index in [4.69, 9.17) is 9.84 Å². The number of imidazole rings is 1. The van der Waals surface area contributed by atoms with E-state index in [1.165, 1.54) is 0 Å². The number of carboxylic acid groups (broad SMARTS) is 1. The predicted molar refractivity (Wildman–Crippen MR) is 75.2 cm³/mol. The molecule has 0 atom stereocenters. The van der Waals surface area contributed by atoms with Crippen molar-refractivity contribution >= 4 is 22.3 Å². The van der Waals surface area contributed by atoms with Gasteiger partial charge in [0.2, 0.25) is 0 Å². The molecule has 6 heteroatoms. The molecular formula is C14H12N2O3S. The minimum absolute atomic E-state index is 0.00257. The van der Waals surface area contributed by atoms with Gasteiger partial charge in [-0.05, 0) is 17.7 Å². The van der Waals surface area contributed by atoms with Gasteiger partial charge in [0.15, 0.2) is 4.96 Å². The number of nitrogens with zero attached hydrogens (tertiary/aromatic N) is 2. The van der Waals surface area contributed by atoms with E-state index < -0.39 is 5.97 Å². The van der Waals surface area contributed by atoms with Crippen LogP contribution in [0.2, 0.25) is 0 Å². The molecule has 0 aliphatic rings. The van der Waals surface area contributed by atoms with Gasteiger partial charge < -0.3 is 9.84 Å². The lowest BCUT2D eigenvalue weighted by molar-refractivity contribution is -0.136. The fourth-order valence-corrected chi connectivity index (χ4v) is 2.64. The van der Waals surface area contributed by atoms with Crippen molar-refractivity contribution in [2.45, 2.75) is 13.0 Å². The number of benzene rings is 1. The number of carbonyl (C=O) groups is 1. The zero-order valence-corrected chi connectivity index (χ0v) is 11.3. The van der Waals surface area contributed by atoms with Crippen LogP contribution in [0.25, 0.3) is 4.96 Å². The summed E-state index contributed by atoms with van der Waals surface area (Å²) in [6.07, 6.45) is 3.87. The molecule has 2 heterocycles. The van der Waals surface area contributed by atoms with Crippen molar-refractivity contribution < 1.29 is 14.6 Å². The highest BCUT2D eigenvalue weighted by atomic mass is 32.1. The van der Waals surface area contributed by atoms with Gasteiger partial charge in [0.1, 0.15) is 12.4 Å². The maximum atomic E-state index is 10.7. The van der Waals surface area contributed by atoms with Crippen LogP contribution in [0.15, 0.2) is 42.0 Å². The number of thiazole rings is 1. The second-order valence-corrected chi connectivity index (χ2v) is 5.20. The van der Waals surface area contributed by atoms with Gasteiger partial charge >= 0.3 is 5.97 Å². The lowest BCUT2D eigenvalue weighted by Gasteiger charge is -2.05. The average molecular weight is 288 g/mol. The highest BCUT2D eigenvalue weighted by Crippen LogP contribution is 2.17. The largest absolute Gasteiger partial charge is 0.487 e. The molecule has 2 aromatic heterocycles. The molecule has 3 aromatic rings. The third-order valence-corrected chi connectivity index (χ3v) is 3.55. The summed E-state index contributed by atoms with van der Waals surface area (Å²) < 4.78 is 7.60. The fraction of sp³-hybridized carbons (Fsp3) is 0.143. The standard InChI is InChI=1S/C14H12N2O3S/c17-13(18)7-10-2-1-3-12(6-10)19-9-11-8-16-4-5-20-14(16)15-11/h1-6,8H,7,9H2,(H,17,18). The summed E-state index contributed by atoms with van der Waals surface area (Å²) in [4.78, 5) is 16.0. The van der Waals surface area contributed by atoms with Crippen LogP contribution >= 0.6 is 11.3 Å². The maximum absolute atomic E-state index is 10.7. The number of hydrogen-bond donors (Lipinski definition) is 1. The molecule has 0 amide bonds. The second-order valence-electron chi connectivity index (χ2n) is 4.33. The van der Waals surface area contributed by atoms with Gasteiger partial charge in [-0.15, -0.1) is 11.3 Å². The van der Waals surface area contributed by atoms with Gasteiger partial charge in [0, 0.05) is 17.8 Å². The van der Waals surface area contributed by atoms with E-state index in [1.807, 2.05) is 28.2 Å². The zero-order chi connectivity index (χ0) is 13.9. The molecule has 1 N–H and O–H groups in total. The SMILES string of the molecule is O=C(O)Cc1cccc(OCc2cn3ccsc3n2)c1. The van der Waals surface area contributed by atoms with Crippen LogP contribution in [0.3, 0.4) is 0 Å². The normalized spacial score (nSPS) is 10.8. The predicted octanol–water partition coefficient (Wildman–Crippen LogP) is 2.60. The highest BCUT2D eigenvalue weighted by molar-refractivity contribution is 7.15. The molecule has 0 saturated heterocycles. The Labute approximate surface area is 119 Å². The van der Waals surface area contributed by atoms with Crippen molar-refractivity contribution in [2.75, 3.05) is 0 Å². The molecule has 0 bridgehead atoms. The van der Waals surface area contributed by atoms with E-state index in [2.05, 4.69) is 4.98 Å². The van der Waals surface area contributed by atoms with Crippen molar-refractivity contribution in [3.63, 3.8) is 0 Å². The van der Waals surface area contributed by atoms with Crippen molar-refractivity contribution in [3.05, 3.63) is 53.3 Å². The van der Waals surface area contributed by atoms with Gasteiger partial charge in [-0.3, -0.25) is 9.20 Å². The topological polar surface area (TPSA) is 63.8 Å². The minimum atomic E-state index is -0.850. The first kappa shape index (κ1) is 12.7. The molecule has 0 spiro atoms. The molecule has 3 rings (SSSR count). The van der Waals surface area contributed by atoms with Gasteiger partial charge in [-0.1, -0.05) is 12.1 Å². The molecule has 20 heavy (non-hydrogen) atoms. The summed E-state index contributed by atoms with van der Waals surface area (Å²) in [6, 6.07) is 7.11. The molecule has 0 unspecified atom stereocenters. The van der Waals surface area contributed by atoms with Gasteiger partial charge in [0.25, 0.3) is 0 Å². The third kappa shape index (κ3) is 2.80. The molecule has 0 fully saturated rings. The van der Waals surface area contributed by atoms with E-state index >= 15 is 0 Å². The summed E-state index contributed by atoms with van der Waals surface area (Å²) in [7, 11) is 0. The van der Waals surface area contributed by atoms with E-state index in [9.17, 15) is 4.79 Å². The number of aromatic nitrogens is 2. The molecule has 0 radical (unpaired) electrons. The van der Waals surface area contributed by atoms with Crippen LogP contribution in [0.4, 0.5) is 0 Å². The first-order valence-corrected chi connectivity index (χ1v) is 6.93. The van der Waals surface area contributed by atoms with E-state index in [1.54, 1.807) is 29.5 Å². The Morgan fingerprint density at radius 3 is 3.15 bits per heavy atom. The lowest BCUT2D eigenvalue weighted by atomic mass is 10.1. The Hall–Kier alpha value is -2.34. The first-order valence-electron chi connectivity index (χ1n) is 6.05. The second kappa shape index (κ2) is 5.34. The molecule has 1 aromatic carbocycles. The Kier molecular flexibility index (Phi) is 3.39. The van der Waals surface area contributed by atoms with Crippen LogP contribution in [0, 0.1) is 0 Å². The van der Waals surface area contributed by atoms with E-state index in [0.29, 0.717) is 12.4 Å². The Morgan fingerprint density at radius 1 is 1.45 bits per heavy atom. The fourth-order valence-electron chi connectivity index (χ4n) is 1.92. The molecule has 0 aliphatic heterocycles. The highest BCUT2D eigenvalue weighted by Gasteiger charge is 2.05. The molecule has 102 valence electrons. The minimum Gasteiger partial charge on any atom is -0.487 e. The quantitative estimate of drug-likeness (QED) is 0.784. The van der Waals surface area contributed by atoms with Crippen LogP contribution in [-0.2, 0) is 17.8 Å². The Balaban J connectivity index is 1.68. The van der Waals surface area contributed by atoms with Crippen molar-refractivity contribution in [2.24, 2.45) is 0 Å². The molecule has 0 aliphatic carbocycles. The van der Waals surface area contributed by atoms with Crippen molar-refractivity contribution in [3.8, 4) is 5.75 Å². The average Bonchev–Trinajstić information content (AvgIpc) is 2.96.